The first-order valence-electron chi connectivity index (χ1n) is 12.5. The van der Waals surface area contributed by atoms with Crippen molar-refractivity contribution in [3.8, 4) is 21.9 Å². The number of rotatable bonds is 11. The number of carboxylic acid groups (broad SMARTS) is 2. The van der Waals surface area contributed by atoms with E-state index in [0.717, 1.165) is 11.3 Å². The SMILES string of the molecule is Cc1ccc(NC(=O)C(Oc2cccc(-c3sc(C(=O)O)c(OCC(=O)O)c3Br)c2)C2CCNCC2)c([N+](=O)[O-])c1. The van der Waals surface area contributed by atoms with Crippen molar-refractivity contribution in [1.82, 2.24) is 5.32 Å². The van der Waals surface area contributed by atoms with Gasteiger partial charge in [0.25, 0.3) is 11.6 Å². The average molecular weight is 648 g/mol. The lowest BCUT2D eigenvalue weighted by Gasteiger charge is -2.30. The molecule has 1 saturated heterocycles. The van der Waals surface area contributed by atoms with Gasteiger partial charge in [-0.1, -0.05) is 18.2 Å². The zero-order valence-corrected chi connectivity index (χ0v) is 24.1. The predicted octanol–water partition coefficient (Wildman–Crippen LogP) is 4.94. The highest BCUT2D eigenvalue weighted by atomic mass is 79.9. The third-order valence-corrected chi connectivity index (χ3v) is 8.61. The quantitative estimate of drug-likeness (QED) is 0.164. The van der Waals surface area contributed by atoms with Crippen LogP contribution in [0.4, 0.5) is 11.4 Å². The lowest BCUT2D eigenvalue weighted by atomic mass is 9.91. The van der Waals surface area contributed by atoms with Gasteiger partial charge in [0.05, 0.1) is 14.3 Å². The molecule has 1 aromatic heterocycles. The number of ether oxygens (including phenoxy) is 2. The topological polar surface area (TPSA) is 177 Å². The van der Waals surface area contributed by atoms with Crippen LogP contribution in [0, 0.1) is 23.0 Å². The number of carbonyl (C=O) groups excluding carboxylic acids is 1. The molecule has 0 spiro atoms. The summed E-state index contributed by atoms with van der Waals surface area (Å²) >= 11 is 4.24. The van der Waals surface area contributed by atoms with E-state index in [1.54, 1.807) is 37.3 Å². The first kappa shape index (κ1) is 30.0. The Labute approximate surface area is 246 Å². The second-order valence-electron chi connectivity index (χ2n) is 9.31. The van der Waals surface area contributed by atoms with E-state index in [-0.39, 0.29) is 32.4 Å². The highest BCUT2D eigenvalue weighted by Gasteiger charge is 2.33. The van der Waals surface area contributed by atoms with Gasteiger partial charge in [-0.05, 0) is 78.1 Å². The molecule has 41 heavy (non-hydrogen) atoms. The van der Waals surface area contributed by atoms with Crippen LogP contribution in [0.15, 0.2) is 46.9 Å². The fourth-order valence-corrected chi connectivity index (χ4v) is 6.34. The number of amides is 1. The highest BCUT2D eigenvalue weighted by molar-refractivity contribution is 9.10. The first-order valence-corrected chi connectivity index (χ1v) is 14.1. The summed E-state index contributed by atoms with van der Waals surface area (Å²) in [5.74, 6) is -3.00. The molecule has 0 radical (unpaired) electrons. The summed E-state index contributed by atoms with van der Waals surface area (Å²) in [5, 5.41) is 36.1. The van der Waals surface area contributed by atoms with Gasteiger partial charge in [0.15, 0.2) is 23.3 Å². The van der Waals surface area contributed by atoms with Crippen molar-refractivity contribution in [1.29, 1.82) is 0 Å². The fraction of sp³-hybridized carbons (Fsp3) is 0.296. The molecule has 1 aliphatic heterocycles. The Balaban J connectivity index is 1.64. The molecule has 3 aromatic rings. The Kier molecular flexibility index (Phi) is 9.57. The van der Waals surface area contributed by atoms with Crippen LogP contribution in [0.1, 0.15) is 28.1 Å². The number of nitro benzene ring substituents is 1. The molecule has 0 saturated carbocycles. The molecule has 216 valence electrons. The van der Waals surface area contributed by atoms with E-state index in [0.29, 0.717) is 47.7 Å². The number of anilines is 1. The Morgan fingerprint density at radius 3 is 2.59 bits per heavy atom. The predicted molar refractivity (Wildman–Crippen MR) is 154 cm³/mol. The largest absolute Gasteiger partial charge is 0.480 e. The van der Waals surface area contributed by atoms with Gasteiger partial charge in [-0.3, -0.25) is 14.9 Å². The molecule has 1 atom stereocenters. The Hall–Kier alpha value is -4.01. The van der Waals surface area contributed by atoms with Crippen molar-refractivity contribution in [3.05, 3.63) is 67.5 Å². The zero-order chi connectivity index (χ0) is 29.7. The van der Waals surface area contributed by atoms with Crippen molar-refractivity contribution in [2.75, 3.05) is 25.0 Å². The molecule has 12 nitrogen and oxygen atoms in total. The number of hydrogen-bond donors (Lipinski definition) is 4. The lowest BCUT2D eigenvalue weighted by Crippen LogP contribution is -2.44. The minimum Gasteiger partial charge on any atom is -0.480 e. The Bertz CT molecular complexity index is 1490. The van der Waals surface area contributed by atoms with Gasteiger partial charge < -0.3 is 30.3 Å². The monoisotopic (exact) mass is 647 g/mol. The molecular formula is C27H26BrN3O9S. The lowest BCUT2D eigenvalue weighted by molar-refractivity contribution is -0.384. The molecule has 1 aliphatic rings. The van der Waals surface area contributed by atoms with Crippen molar-refractivity contribution >= 4 is 56.5 Å². The number of nitro groups is 1. The second-order valence-corrected chi connectivity index (χ2v) is 11.1. The number of carboxylic acids is 2. The summed E-state index contributed by atoms with van der Waals surface area (Å²) in [7, 11) is 0. The number of nitrogens with zero attached hydrogens (tertiary/aromatic N) is 1. The molecule has 2 aromatic carbocycles. The van der Waals surface area contributed by atoms with Crippen LogP contribution in [-0.4, -0.2) is 58.8 Å². The number of hydrogen-bond acceptors (Lipinski definition) is 9. The van der Waals surface area contributed by atoms with E-state index in [2.05, 4.69) is 26.6 Å². The Morgan fingerprint density at radius 2 is 1.93 bits per heavy atom. The van der Waals surface area contributed by atoms with Crippen molar-refractivity contribution in [2.24, 2.45) is 5.92 Å². The number of thiophene rings is 1. The third-order valence-electron chi connectivity index (χ3n) is 6.38. The number of halogens is 1. The van der Waals surface area contributed by atoms with Crippen LogP contribution in [-0.2, 0) is 9.59 Å². The van der Waals surface area contributed by atoms with Crippen molar-refractivity contribution < 1.29 is 39.0 Å². The molecule has 1 amide bonds. The van der Waals surface area contributed by atoms with Gasteiger partial charge in [-0.15, -0.1) is 11.3 Å². The van der Waals surface area contributed by atoms with Gasteiger partial charge in [0.2, 0.25) is 0 Å². The maximum Gasteiger partial charge on any atom is 0.349 e. The van der Waals surface area contributed by atoms with Crippen LogP contribution in [0.5, 0.6) is 11.5 Å². The molecule has 2 heterocycles. The number of piperidine rings is 1. The number of aryl methyl sites for hydroxylation is 1. The van der Waals surface area contributed by atoms with Crippen LogP contribution >= 0.6 is 27.3 Å². The molecule has 4 rings (SSSR count). The van der Waals surface area contributed by atoms with Gasteiger partial charge in [0.1, 0.15) is 11.4 Å². The summed E-state index contributed by atoms with van der Waals surface area (Å²) in [6.07, 6.45) is 0.330. The van der Waals surface area contributed by atoms with E-state index < -0.39 is 35.5 Å². The molecule has 14 heteroatoms. The van der Waals surface area contributed by atoms with Gasteiger partial charge in [-0.2, -0.15) is 0 Å². The summed E-state index contributed by atoms with van der Waals surface area (Å²) in [6.45, 7) is 2.37. The van der Waals surface area contributed by atoms with Gasteiger partial charge >= 0.3 is 11.9 Å². The number of carbonyl (C=O) groups is 3. The fourth-order valence-electron chi connectivity index (χ4n) is 4.46. The number of benzene rings is 2. The minimum absolute atomic E-state index is 0.0690. The average Bonchev–Trinajstić information content (AvgIpc) is 3.28. The summed E-state index contributed by atoms with van der Waals surface area (Å²) in [6, 6.07) is 11.2. The number of aliphatic carboxylic acids is 1. The summed E-state index contributed by atoms with van der Waals surface area (Å²) in [5.41, 5.74) is 1.08. The summed E-state index contributed by atoms with van der Waals surface area (Å²) < 4.78 is 11.7. The van der Waals surface area contributed by atoms with E-state index >= 15 is 0 Å². The van der Waals surface area contributed by atoms with Gasteiger partial charge in [0, 0.05) is 12.0 Å². The molecule has 4 N–H and O–H groups in total. The zero-order valence-electron chi connectivity index (χ0n) is 21.7. The first-order chi connectivity index (χ1) is 19.5. The number of nitrogens with one attached hydrogen (secondary N) is 2. The smallest absolute Gasteiger partial charge is 0.349 e. The number of aromatic carboxylic acids is 1. The van der Waals surface area contributed by atoms with Crippen molar-refractivity contribution in [3.63, 3.8) is 0 Å². The van der Waals surface area contributed by atoms with Crippen LogP contribution in [0.2, 0.25) is 0 Å². The summed E-state index contributed by atoms with van der Waals surface area (Å²) in [4.78, 5) is 47.6. The molecular weight excluding hydrogens is 622 g/mol. The van der Waals surface area contributed by atoms with Crippen LogP contribution < -0.4 is 20.1 Å². The standard InChI is InChI=1S/C27H26BrN3O9S/c1-14-5-6-18(19(11-14)31(37)38)30-26(34)22(15-7-9-29-10-8-15)40-17-4-2-3-16(12-17)24-21(28)23(39-13-20(32)33)25(41-24)27(35)36/h2-6,11-12,15,22,29H,7-10,13H2,1H3,(H,30,34)(H,32,33)(H,35,36). The van der Waals surface area contributed by atoms with Gasteiger partial charge in [-0.25, -0.2) is 9.59 Å². The van der Waals surface area contributed by atoms with E-state index in [9.17, 15) is 29.6 Å². The molecule has 1 fully saturated rings. The molecule has 0 bridgehead atoms. The third kappa shape index (κ3) is 7.20. The van der Waals surface area contributed by atoms with E-state index in [4.69, 9.17) is 14.6 Å². The van der Waals surface area contributed by atoms with E-state index in [1.807, 2.05) is 0 Å². The van der Waals surface area contributed by atoms with Crippen LogP contribution in [0.25, 0.3) is 10.4 Å². The minimum atomic E-state index is -1.28. The maximum atomic E-state index is 13.5. The Morgan fingerprint density at radius 1 is 1.20 bits per heavy atom. The highest BCUT2D eigenvalue weighted by Crippen LogP contribution is 2.46. The maximum absolute atomic E-state index is 13.5. The molecule has 0 aliphatic carbocycles. The second kappa shape index (κ2) is 13.1. The van der Waals surface area contributed by atoms with E-state index in [1.165, 1.54) is 12.1 Å². The molecule has 1 unspecified atom stereocenters. The van der Waals surface area contributed by atoms with Crippen LogP contribution in [0.3, 0.4) is 0 Å². The van der Waals surface area contributed by atoms with Crippen molar-refractivity contribution in [2.45, 2.75) is 25.9 Å². The normalized spacial score (nSPS) is 14.2.